The number of nitrogens with one attached hydrogen (secondary N) is 1. The van der Waals surface area contributed by atoms with Crippen LogP contribution in [0.1, 0.15) is 15.6 Å². The number of aromatic nitrogens is 1. The molecule has 0 saturated carbocycles. The smallest absolute Gasteiger partial charge is 0.325 e. The SMILES string of the molecule is CN(Cc1nc2ccccc2s1)C(=O)COC(=O)CNC(=O)c1ccco1. The molecule has 1 N–H and O–H groups in total. The average molecular weight is 387 g/mol. The van der Waals surface area contributed by atoms with Crippen molar-refractivity contribution in [2.75, 3.05) is 20.2 Å². The molecule has 0 saturated heterocycles. The van der Waals surface area contributed by atoms with Crippen LogP contribution >= 0.6 is 11.3 Å². The van der Waals surface area contributed by atoms with Gasteiger partial charge in [0.15, 0.2) is 12.4 Å². The molecule has 0 atom stereocenters. The summed E-state index contributed by atoms with van der Waals surface area (Å²) >= 11 is 1.51. The van der Waals surface area contributed by atoms with Crippen molar-refractivity contribution in [3.63, 3.8) is 0 Å². The molecule has 140 valence electrons. The zero-order valence-corrected chi connectivity index (χ0v) is 15.3. The Hall–Kier alpha value is -3.20. The molecular formula is C18H17N3O5S. The number of para-hydroxylation sites is 1. The van der Waals surface area contributed by atoms with Crippen molar-refractivity contribution in [1.29, 1.82) is 0 Å². The first-order valence-corrected chi connectivity index (χ1v) is 8.90. The summed E-state index contributed by atoms with van der Waals surface area (Å²) in [4.78, 5) is 41.3. The zero-order valence-electron chi connectivity index (χ0n) is 14.5. The molecule has 0 spiro atoms. The number of furan rings is 1. The lowest BCUT2D eigenvalue weighted by molar-refractivity contribution is -0.150. The number of carbonyl (C=O) groups is 3. The van der Waals surface area contributed by atoms with E-state index >= 15 is 0 Å². The van der Waals surface area contributed by atoms with Crippen molar-refractivity contribution < 1.29 is 23.5 Å². The van der Waals surface area contributed by atoms with E-state index in [1.807, 2.05) is 24.3 Å². The van der Waals surface area contributed by atoms with E-state index in [1.54, 1.807) is 13.1 Å². The molecule has 8 nitrogen and oxygen atoms in total. The lowest BCUT2D eigenvalue weighted by Crippen LogP contribution is -2.34. The van der Waals surface area contributed by atoms with E-state index in [4.69, 9.17) is 9.15 Å². The minimum atomic E-state index is -0.711. The van der Waals surface area contributed by atoms with Gasteiger partial charge in [0.25, 0.3) is 11.8 Å². The highest BCUT2D eigenvalue weighted by Gasteiger charge is 2.16. The van der Waals surface area contributed by atoms with Gasteiger partial charge in [-0.05, 0) is 24.3 Å². The molecule has 2 heterocycles. The van der Waals surface area contributed by atoms with E-state index < -0.39 is 18.5 Å². The lowest BCUT2D eigenvalue weighted by atomic mass is 10.3. The summed E-state index contributed by atoms with van der Waals surface area (Å²) in [5.74, 6) is -1.51. The molecule has 2 aromatic heterocycles. The van der Waals surface area contributed by atoms with Gasteiger partial charge in [-0.1, -0.05) is 12.1 Å². The van der Waals surface area contributed by atoms with E-state index in [9.17, 15) is 14.4 Å². The Morgan fingerprint density at radius 2 is 2.04 bits per heavy atom. The molecule has 0 unspecified atom stereocenters. The Balaban J connectivity index is 1.42. The molecule has 3 rings (SSSR count). The predicted molar refractivity (Wildman–Crippen MR) is 98.1 cm³/mol. The van der Waals surface area contributed by atoms with Crippen LogP contribution in [0.2, 0.25) is 0 Å². The standard InChI is InChI=1S/C18H17N3O5S/c1-21(10-15-20-12-5-2-3-7-14(12)27-15)16(22)11-26-17(23)9-19-18(24)13-6-4-8-25-13/h2-8H,9-11H2,1H3,(H,19,24). The minimum absolute atomic E-state index is 0.0921. The summed E-state index contributed by atoms with van der Waals surface area (Å²) in [5, 5.41) is 3.15. The first kappa shape index (κ1) is 18.6. The molecular weight excluding hydrogens is 370 g/mol. The van der Waals surface area contributed by atoms with Gasteiger partial charge in [-0.25, -0.2) is 4.98 Å². The number of thiazole rings is 1. The predicted octanol–water partition coefficient (Wildman–Crippen LogP) is 1.82. The summed E-state index contributed by atoms with van der Waals surface area (Å²) < 4.78 is 10.9. The van der Waals surface area contributed by atoms with Crippen molar-refractivity contribution in [3.05, 3.63) is 53.4 Å². The van der Waals surface area contributed by atoms with Crippen LogP contribution in [-0.2, 0) is 20.9 Å². The minimum Gasteiger partial charge on any atom is -0.459 e. The van der Waals surface area contributed by atoms with Gasteiger partial charge in [-0.15, -0.1) is 11.3 Å². The van der Waals surface area contributed by atoms with Crippen LogP contribution in [0, 0.1) is 0 Å². The molecule has 27 heavy (non-hydrogen) atoms. The van der Waals surface area contributed by atoms with Crippen molar-refractivity contribution in [2.24, 2.45) is 0 Å². The molecule has 2 amide bonds. The summed E-state index contributed by atoms with van der Waals surface area (Å²) in [6, 6.07) is 10.8. The quantitative estimate of drug-likeness (QED) is 0.621. The second-order valence-corrected chi connectivity index (χ2v) is 6.76. The molecule has 0 fully saturated rings. The Bertz CT molecular complexity index is 918. The number of esters is 1. The maximum Gasteiger partial charge on any atom is 0.325 e. The maximum absolute atomic E-state index is 12.1. The number of fused-ring (bicyclic) bond motifs is 1. The average Bonchev–Trinajstić information content (AvgIpc) is 3.33. The third-order valence-electron chi connectivity index (χ3n) is 3.63. The maximum atomic E-state index is 12.1. The molecule has 0 aliphatic carbocycles. The highest BCUT2D eigenvalue weighted by Crippen LogP contribution is 2.22. The Morgan fingerprint density at radius 1 is 1.22 bits per heavy atom. The number of ether oxygens (including phenoxy) is 1. The fourth-order valence-corrected chi connectivity index (χ4v) is 3.25. The first-order chi connectivity index (χ1) is 13.0. The summed E-state index contributed by atoms with van der Waals surface area (Å²) in [6.07, 6.45) is 1.35. The molecule has 0 aliphatic rings. The summed E-state index contributed by atoms with van der Waals surface area (Å²) in [6.45, 7) is -0.434. The van der Waals surface area contributed by atoms with Gasteiger partial charge in [0.05, 0.1) is 23.0 Å². The normalized spacial score (nSPS) is 10.6. The fraction of sp³-hybridized carbons (Fsp3) is 0.222. The molecule has 3 aromatic rings. The highest BCUT2D eigenvalue weighted by molar-refractivity contribution is 7.18. The van der Waals surface area contributed by atoms with Crippen LogP contribution in [0.3, 0.4) is 0 Å². The van der Waals surface area contributed by atoms with Crippen molar-refractivity contribution in [1.82, 2.24) is 15.2 Å². The lowest BCUT2D eigenvalue weighted by Gasteiger charge is -2.15. The third kappa shape index (κ3) is 4.91. The molecule has 0 aliphatic heterocycles. The molecule has 0 bridgehead atoms. The monoisotopic (exact) mass is 387 g/mol. The first-order valence-electron chi connectivity index (χ1n) is 8.08. The van der Waals surface area contributed by atoms with Gasteiger partial charge in [-0.2, -0.15) is 0 Å². The van der Waals surface area contributed by atoms with Crippen LogP contribution < -0.4 is 5.32 Å². The number of benzene rings is 1. The molecule has 0 radical (unpaired) electrons. The van der Waals surface area contributed by atoms with Crippen LogP contribution in [-0.4, -0.2) is 47.9 Å². The largest absolute Gasteiger partial charge is 0.459 e. The number of amides is 2. The topological polar surface area (TPSA) is 102 Å². The van der Waals surface area contributed by atoms with Crippen LogP contribution in [0.25, 0.3) is 10.2 Å². The Labute approximate surface area is 158 Å². The Kier molecular flexibility index (Phi) is 5.82. The van der Waals surface area contributed by atoms with Gasteiger partial charge in [0.1, 0.15) is 11.6 Å². The number of rotatable bonds is 7. The van der Waals surface area contributed by atoms with E-state index in [-0.39, 0.29) is 18.2 Å². The van der Waals surface area contributed by atoms with Crippen LogP contribution in [0.5, 0.6) is 0 Å². The van der Waals surface area contributed by atoms with E-state index in [0.717, 1.165) is 15.2 Å². The number of hydrogen-bond donors (Lipinski definition) is 1. The summed E-state index contributed by atoms with van der Waals surface area (Å²) in [7, 11) is 1.61. The van der Waals surface area contributed by atoms with Gasteiger partial charge in [-0.3, -0.25) is 14.4 Å². The van der Waals surface area contributed by atoms with Gasteiger partial charge < -0.3 is 19.4 Å². The van der Waals surface area contributed by atoms with Crippen molar-refractivity contribution in [2.45, 2.75) is 6.54 Å². The third-order valence-corrected chi connectivity index (χ3v) is 4.65. The highest BCUT2D eigenvalue weighted by atomic mass is 32.1. The van der Waals surface area contributed by atoms with E-state index in [2.05, 4.69) is 10.3 Å². The van der Waals surface area contributed by atoms with Crippen molar-refractivity contribution in [3.8, 4) is 0 Å². The summed E-state index contributed by atoms with van der Waals surface area (Å²) in [5.41, 5.74) is 0.886. The molecule has 9 heteroatoms. The zero-order chi connectivity index (χ0) is 19.2. The number of hydrogen-bond acceptors (Lipinski definition) is 7. The van der Waals surface area contributed by atoms with E-state index in [0.29, 0.717) is 6.54 Å². The van der Waals surface area contributed by atoms with Crippen LogP contribution in [0.4, 0.5) is 0 Å². The fourth-order valence-electron chi connectivity index (χ4n) is 2.23. The number of nitrogens with zero attached hydrogens (tertiary/aromatic N) is 2. The van der Waals surface area contributed by atoms with Crippen LogP contribution in [0.15, 0.2) is 47.1 Å². The second kappa shape index (κ2) is 8.45. The molecule has 1 aromatic carbocycles. The van der Waals surface area contributed by atoms with E-state index in [1.165, 1.54) is 28.6 Å². The van der Waals surface area contributed by atoms with Crippen molar-refractivity contribution >= 4 is 39.3 Å². The number of carbonyl (C=O) groups excluding carboxylic acids is 3. The van der Waals surface area contributed by atoms with Gasteiger partial charge >= 0.3 is 5.97 Å². The number of likely N-dealkylation sites (N-methyl/N-ethyl adjacent to an activating group) is 1. The van der Waals surface area contributed by atoms with Gasteiger partial charge in [0.2, 0.25) is 0 Å². The second-order valence-electron chi connectivity index (χ2n) is 5.65. The Morgan fingerprint density at radius 3 is 2.78 bits per heavy atom. The van der Waals surface area contributed by atoms with Gasteiger partial charge in [0, 0.05) is 7.05 Å².